The van der Waals surface area contributed by atoms with Crippen molar-refractivity contribution < 1.29 is 80.2 Å². The minimum Gasteiger partial charge on any atom is -0.462 e. The first-order valence-corrected chi connectivity index (χ1v) is 42.2. The number of aliphatic hydroxyl groups is 1. The molecule has 0 saturated carbocycles. The Morgan fingerprint density at radius 3 is 0.792 bits per heavy atom. The fourth-order valence-electron chi connectivity index (χ4n) is 11.1. The molecule has 564 valence electrons. The lowest BCUT2D eigenvalue weighted by molar-refractivity contribution is -0.161. The molecule has 17 nitrogen and oxygen atoms in total. The van der Waals surface area contributed by atoms with Gasteiger partial charge in [-0.2, -0.15) is 0 Å². The Bertz CT molecular complexity index is 1970. The third-order valence-corrected chi connectivity index (χ3v) is 19.0. The van der Waals surface area contributed by atoms with Gasteiger partial charge in [0.25, 0.3) is 0 Å². The Kier molecular flexibility index (Phi) is 68.7. The molecule has 0 saturated heterocycles. The molecule has 19 heteroatoms. The van der Waals surface area contributed by atoms with Crippen molar-refractivity contribution in [2.45, 2.75) is 393 Å². The first kappa shape index (κ1) is 93.3. The maximum Gasteiger partial charge on any atom is 0.472 e. The Morgan fingerprint density at radius 2 is 0.510 bits per heavy atom. The van der Waals surface area contributed by atoms with E-state index in [0.717, 1.165) is 122 Å². The highest BCUT2D eigenvalue weighted by Gasteiger charge is 2.30. The first-order chi connectivity index (χ1) is 46.7. The SMILES string of the molecule is CCCCCC/C=C\C=C/CCCCCCCC(=O)OC[C@H](COP(=O)(O)OC[C@H](O)COP(=O)(O)OC[C@@H](COC(=O)CCCCCCCCCCCCCCC)OC(=O)CCCCCCCCCCCCCCC)OC(=O)CCCCCCC/C=C\CCCCCCCC. The molecule has 3 N–H and O–H groups in total. The molecule has 0 heterocycles. The number of esters is 4. The average Bonchev–Trinajstić information content (AvgIpc) is 1.36. The fraction of sp³-hybridized carbons (Fsp3) is 0.870. The third-order valence-electron chi connectivity index (χ3n) is 17.1. The van der Waals surface area contributed by atoms with E-state index in [1.165, 1.54) is 173 Å². The molecule has 2 unspecified atom stereocenters. The first-order valence-electron chi connectivity index (χ1n) is 39.2. The summed E-state index contributed by atoms with van der Waals surface area (Å²) in [7, 11) is -9.93. The summed E-state index contributed by atoms with van der Waals surface area (Å²) in [4.78, 5) is 72.8. The summed E-state index contributed by atoms with van der Waals surface area (Å²) in [6.07, 6.45) is 65.5. The standard InChI is InChI=1S/C77H144O17P2/c1-5-9-13-17-21-25-29-33-35-39-42-46-50-54-58-62-75(80)88-68-73(94-77(82)64-60-56-52-48-44-40-36-34-30-26-22-18-14-10-6-2)70-92-96(85,86)90-66-71(78)65-89-95(83,84)91-69-72(93-76(81)63-59-55-51-47-43-38-32-28-24-20-16-12-8-4)67-87-74(79)61-57-53-49-45-41-37-31-27-23-19-15-11-7-3/h25,29,33-36,71-73,78H,5-24,26-28,30-32,37-70H2,1-4H3,(H,83,84)(H,85,86)/b29-25-,35-33-,36-34-/t71-,72-,73-/m1/s1. The molecule has 0 fully saturated rings. The summed E-state index contributed by atoms with van der Waals surface area (Å²) in [6, 6.07) is 0. The smallest absolute Gasteiger partial charge is 0.462 e. The van der Waals surface area contributed by atoms with Gasteiger partial charge in [-0.1, -0.05) is 308 Å². The van der Waals surface area contributed by atoms with Crippen LogP contribution in [-0.2, 0) is 65.4 Å². The van der Waals surface area contributed by atoms with Gasteiger partial charge in [-0.15, -0.1) is 0 Å². The van der Waals surface area contributed by atoms with Gasteiger partial charge >= 0.3 is 39.5 Å². The molecule has 0 aliphatic heterocycles. The van der Waals surface area contributed by atoms with Crippen molar-refractivity contribution in [3.05, 3.63) is 36.5 Å². The monoisotopic (exact) mass is 1400 g/mol. The minimum absolute atomic E-state index is 0.0878. The molecule has 0 amide bonds. The van der Waals surface area contributed by atoms with Gasteiger partial charge in [0.1, 0.15) is 19.3 Å². The van der Waals surface area contributed by atoms with Gasteiger partial charge < -0.3 is 33.8 Å². The average molecular weight is 1400 g/mol. The highest BCUT2D eigenvalue weighted by atomic mass is 31.2. The van der Waals surface area contributed by atoms with Crippen LogP contribution in [-0.4, -0.2) is 96.7 Å². The number of rotatable bonds is 75. The van der Waals surface area contributed by atoms with Crippen molar-refractivity contribution in [1.82, 2.24) is 0 Å². The van der Waals surface area contributed by atoms with Crippen molar-refractivity contribution in [3.63, 3.8) is 0 Å². The molecule has 0 aromatic carbocycles. The van der Waals surface area contributed by atoms with Crippen LogP contribution in [0, 0.1) is 0 Å². The number of phosphoric acid groups is 2. The van der Waals surface area contributed by atoms with Gasteiger partial charge in [0, 0.05) is 25.7 Å². The Hall–Kier alpha value is -2.72. The zero-order valence-corrected chi connectivity index (χ0v) is 63.4. The summed E-state index contributed by atoms with van der Waals surface area (Å²) in [5, 5.41) is 10.6. The lowest BCUT2D eigenvalue weighted by Gasteiger charge is -2.21. The number of ether oxygens (including phenoxy) is 4. The number of allylic oxidation sites excluding steroid dienone is 6. The van der Waals surface area contributed by atoms with E-state index < -0.39 is 97.5 Å². The van der Waals surface area contributed by atoms with Crippen LogP contribution in [0.25, 0.3) is 0 Å². The van der Waals surface area contributed by atoms with Crippen molar-refractivity contribution in [1.29, 1.82) is 0 Å². The number of hydrogen-bond donors (Lipinski definition) is 3. The van der Waals surface area contributed by atoms with Crippen LogP contribution in [0.5, 0.6) is 0 Å². The topological polar surface area (TPSA) is 237 Å². The van der Waals surface area contributed by atoms with E-state index in [-0.39, 0.29) is 25.7 Å². The molecule has 0 aromatic heterocycles. The third kappa shape index (κ3) is 69.7. The number of carbonyl (C=O) groups excluding carboxylic acids is 4. The summed E-state index contributed by atoms with van der Waals surface area (Å²) < 4.78 is 68.5. The highest BCUT2D eigenvalue weighted by molar-refractivity contribution is 7.47. The Labute approximate surface area is 585 Å². The second-order valence-corrected chi connectivity index (χ2v) is 29.6. The maximum atomic E-state index is 13.1. The van der Waals surface area contributed by atoms with E-state index in [4.69, 9.17) is 37.0 Å². The summed E-state index contributed by atoms with van der Waals surface area (Å²) in [5.74, 6) is -2.16. The molecule has 0 aliphatic rings. The second kappa shape index (κ2) is 70.7. The zero-order chi connectivity index (χ0) is 70.4. The molecular weight excluding hydrogens is 1260 g/mol. The molecule has 0 rings (SSSR count). The van der Waals surface area contributed by atoms with Crippen LogP contribution in [0.3, 0.4) is 0 Å². The predicted molar refractivity (Wildman–Crippen MR) is 391 cm³/mol. The quantitative estimate of drug-likeness (QED) is 0.0128. The number of carbonyl (C=O) groups is 4. The number of phosphoric ester groups is 2. The Balaban J connectivity index is 5.31. The molecule has 96 heavy (non-hydrogen) atoms. The van der Waals surface area contributed by atoms with Gasteiger partial charge in [0.05, 0.1) is 26.4 Å². The predicted octanol–water partition coefficient (Wildman–Crippen LogP) is 22.3. The number of aliphatic hydroxyl groups excluding tert-OH is 1. The lowest BCUT2D eigenvalue weighted by atomic mass is 10.0. The van der Waals surface area contributed by atoms with Gasteiger partial charge in [-0.25, -0.2) is 9.13 Å². The summed E-state index contributed by atoms with van der Waals surface area (Å²) in [6.45, 7) is 4.90. The largest absolute Gasteiger partial charge is 0.472 e. The number of hydrogen-bond acceptors (Lipinski definition) is 15. The zero-order valence-electron chi connectivity index (χ0n) is 61.6. The minimum atomic E-state index is -4.97. The molecule has 5 atom stereocenters. The van der Waals surface area contributed by atoms with Crippen molar-refractivity contribution in [2.75, 3.05) is 39.6 Å². The highest BCUT2D eigenvalue weighted by Crippen LogP contribution is 2.45. The van der Waals surface area contributed by atoms with E-state index in [9.17, 15) is 43.2 Å². The maximum absolute atomic E-state index is 13.1. The lowest BCUT2D eigenvalue weighted by Crippen LogP contribution is -2.30. The fourth-order valence-corrected chi connectivity index (χ4v) is 12.7. The van der Waals surface area contributed by atoms with Crippen LogP contribution in [0.2, 0.25) is 0 Å². The van der Waals surface area contributed by atoms with Gasteiger partial charge in [0.2, 0.25) is 0 Å². The summed E-state index contributed by atoms with van der Waals surface area (Å²) in [5.41, 5.74) is 0. The molecular formula is C77H144O17P2. The van der Waals surface area contributed by atoms with E-state index >= 15 is 0 Å². The number of unbranched alkanes of at least 4 members (excludes halogenated alkanes) is 44. The normalized spacial score (nSPS) is 14.1. The van der Waals surface area contributed by atoms with Crippen LogP contribution >= 0.6 is 15.6 Å². The molecule has 0 spiro atoms. The van der Waals surface area contributed by atoms with E-state index in [0.29, 0.717) is 25.7 Å². The molecule has 0 aromatic rings. The van der Waals surface area contributed by atoms with Crippen LogP contribution < -0.4 is 0 Å². The van der Waals surface area contributed by atoms with E-state index in [1.54, 1.807) is 0 Å². The van der Waals surface area contributed by atoms with Crippen molar-refractivity contribution in [3.8, 4) is 0 Å². The summed E-state index contributed by atoms with van der Waals surface area (Å²) >= 11 is 0. The Morgan fingerprint density at radius 1 is 0.292 bits per heavy atom. The van der Waals surface area contributed by atoms with Crippen LogP contribution in [0.15, 0.2) is 36.5 Å². The van der Waals surface area contributed by atoms with Crippen molar-refractivity contribution >= 4 is 39.5 Å². The van der Waals surface area contributed by atoms with E-state index in [1.807, 2.05) is 0 Å². The van der Waals surface area contributed by atoms with Gasteiger partial charge in [-0.3, -0.25) is 37.3 Å². The van der Waals surface area contributed by atoms with Crippen molar-refractivity contribution in [2.24, 2.45) is 0 Å². The van der Waals surface area contributed by atoms with Gasteiger partial charge in [-0.05, 0) is 77.0 Å². The van der Waals surface area contributed by atoms with Crippen LogP contribution in [0.4, 0.5) is 0 Å². The van der Waals surface area contributed by atoms with E-state index in [2.05, 4.69) is 64.2 Å². The van der Waals surface area contributed by atoms with Crippen LogP contribution in [0.1, 0.15) is 374 Å². The molecule has 0 aliphatic carbocycles. The van der Waals surface area contributed by atoms with Gasteiger partial charge in [0.15, 0.2) is 12.2 Å². The second-order valence-electron chi connectivity index (χ2n) is 26.7. The molecule has 0 radical (unpaired) electrons. The molecule has 0 bridgehead atoms.